The number of benzene rings is 2. The normalized spacial score (nSPS) is 10.5. The second-order valence-corrected chi connectivity index (χ2v) is 5.64. The van der Waals surface area contributed by atoms with Crippen molar-refractivity contribution in [2.24, 2.45) is 0 Å². The first kappa shape index (κ1) is 15.9. The molecule has 0 aliphatic rings. The molecule has 0 bridgehead atoms. The van der Waals surface area contributed by atoms with Crippen molar-refractivity contribution in [3.8, 4) is 5.69 Å². The minimum atomic E-state index is -0.124. The van der Waals surface area contributed by atoms with Gasteiger partial charge in [-0.05, 0) is 54.8 Å². The lowest BCUT2D eigenvalue weighted by molar-refractivity contribution is 0.102. The number of amides is 1. The van der Waals surface area contributed by atoms with E-state index in [1.807, 2.05) is 24.3 Å². The summed E-state index contributed by atoms with van der Waals surface area (Å²) in [5.41, 5.74) is 3.57. The molecular weight excluding hydrogens is 300 g/mol. The van der Waals surface area contributed by atoms with Gasteiger partial charge in [-0.2, -0.15) is 5.10 Å². The highest BCUT2D eigenvalue weighted by molar-refractivity contribution is 6.04. The minimum absolute atomic E-state index is 0.124. The number of nitrogens with one attached hydrogen (secondary N) is 1. The predicted octanol–water partition coefficient (Wildman–Crippen LogP) is 3.86. The smallest absolute Gasteiger partial charge is 0.255 e. The van der Waals surface area contributed by atoms with Gasteiger partial charge in [-0.15, -0.1) is 0 Å². The van der Waals surface area contributed by atoms with Crippen LogP contribution in [0, 0.1) is 0 Å². The molecule has 3 rings (SSSR count). The van der Waals surface area contributed by atoms with Gasteiger partial charge < -0.3 is 5.32 Å². The highest BCUT2D eigenvalue weighted by Crippen LogP contribution is 2.14. The number of hydrogen-bond donors (Lipinski definition) is 1. The van der Waals surface area contributed by atoms with Gasteiger partial charge in [0.05, 0.1) is 5.69 Å². The Morgan fingerprint density at radius 2 is 1.83 bits per heavy atom. The summed E-state index contributed by atoms with van der Waals surface area (Å²) < 4.78 is 1.65. The number of carbonyl (C=O) groups is 1. The Balaban J connectivity index is 1.64. The van der Waals surface area contributed by atoms with Crippen molar-refractivity contribution in [2.75, 3.05) is 5.32 Å². The molecule has 24 heavy (non-hydrogen) atoms. The van der Waals surface area contributed by atoms with E-state index in [1.165, 1.54) is 24.7 Å². The molecule has 3 aromatic rings. The first-order chi connectivity index (χ1) is 11.8. The van der Waals surface area contributed by atoms with Gasteiger partial charge in [-0.3, -0.25) is 4.79 Å². The zero-order chi connectivity index (χ0) is 16.8. The maximum atomic E-state index is 12.3. The summed E-state index contributed by atoms with van der Waals surface area (Å²) in [7, 11) is 0. The van der Waals surface area contributed by atoms with E-state index in [9.17, 15) is 4.79 Å². The standard InChI is InChI=1S/C19H20N4O/c1-2-3-4-15-5-9-17(10-6-15)22-19(24)16-7-11-18(12-8-16)23-14-20-13-21-23/h5-14H,2-4H2,1H3,(H,22,24). The Morgan fingerprint density at radius 1 is 1.08 bits per heavy atom. The van der Waals surface area contributed by atoms with E-state index in [4.69, 9.17) is 0 Å². The molecule has 1 aromatic heterocycles. The topological polar surface area (TPSA) is 59.8 Å². The lowest BCUT2D eigenvalue weighted by Gasteiger charge is -2.07. The molecule has 0 aliphatic heterocycles. The molecule has 0 unspecified atom stereocenters. The van der Waals surface area contributed by atoms with E-state index in [2.05, 4.69) is 34.5 Å². The van der Waals surface area contributed by atoms with Gasteiger partial charge in [0.25, 0.3) is 5.91 Å². The van der Waals surface area contributed by atoms with Crippen molar-refractivity contribution in [1.82, 2.24) is 14.8 Å². The average molecular weight is 320 g/mol. The SMILES string of the molecule is CCCCc1ccc(NC(=O)c2ccc(-n3cncn3)cc2)cc1. The molecule has 0 spiro atoms. The maximum absolute atomic E-state index is 12.3. The van der Waals surface area contributed by atoms with Crippen LogP contribution in [-0.2, 0) is 6.42 Å². The molecule has 1 heterocycles. The Hall–Kier alpha value is -2.95. The summed E-state index contributed by atoms with van der Waals surface area (Å²) in [5.74, 6) is -0.124. The van der Waals surface area contributed by atoms with Crippen molar-refractivity contribution in [2.45, 2.75) is 26.2 Å². The fraction of sp³-hybridized carbons (Fsp3) is 0.211. The van der Waals surface area contributed by atoms with E-state index in [0.29, 0.717) is 5.56 Å². The summed E-state index contributed by atoms with van der Waals surface area (Å²) in [6, 6.07) is 15.3. The van der Waals surface area contributed by atoms with Crippen LogP contribution in [0.4, 0.5) is 5.69 Å². The first-order valence-electron chi connectivity index (χ1n) is 8.11. The molecule has 1 amide bonds. The molecule has 0 atom stereocenters. The Morgan fingerprint density at radius 3 is 2.46 bits per heavy atom. The molecule has 122 valence electrons. The third-order valence-electron chi connectivity index (χ3n) is 3.84. The van der Waals surface area contributed by atoms with Crippen LogP contribution in [0.5, 0.6) is 0 Å². The van der Waals surface area contributed by atoms with Gasteiger partial charge in [0.15, 0.2) is 0 Å². The fourth-order valence-electron chi connectivity index (χ4n) is 2.45. The quantitative estimate of drug-likeness (QED) is 0.750. The van der Waals surface area contributed by atoms with E-state index in [1.54, 1.807) is 23.1 Å². The number of unbranched alkanes of at least 4 members (excludes halogenated alkanes) is 1. The molecule has 1 N–H and O–H groups in total. The van der Waals surface area contributed by atoms with Crippen molar-refractivity contribution >= 4 is 11.6 Å². The molecule has 0 saturated carbocycles. The molecule has 5 heteroatoms. The summed E-state index contributed by atoms with van der Waals surface area (Å²) in [6.07, 6.45) is 6.54. The van der Waals surface area contributed by atoms with Crippen LogP contribution >= 0.6 is 0 Å². The monoisotopic (exact) mass is 320 g/mol. The number of anilines is 1. The highest BCUT2D eigenvalue weighted by Gasteiger charge is 2.07. The minimum Gasteiger partial charge on any atom is -0.322 e. The van der Waals surface area contributed by atoms with Crippen LogP contribution in [0.2, 0.25) is 0 Å². The second kappa shape index (κ2) is 7.55. The summed E-state index contributed by atoms with van der Waals surface area (Å²) >= 11 is 0. The van der Waals surface area contributed by atoms with E-state index < -0.39 is 0 Å². The van der Waals surface area contributed by atoms with Crippen LogP contribution in [0.15, 0.2) is 61.2 Å². The van der Waals surface area contributed by atoms with Crippen LogP contribution in [0.3, 0.4) is 0 Å². The number of aryl methyl sites for hydroxylation is 1. The third kappa shape index (κ3) is 3.87. The lowest BCUT2D eigenvalue weighted by Crippen LogP contribution is -2.12. The molecule has 0 fully saturated rings. The molecule has 0 radical (unpaired) electrons. The van der Waals surface area contributed by atoms with Gasteiger partial charge in [-0.1, -0.05) is 25.5 Å². The molecule has 2 aromatic carbocycles. The zero-order valence-corrected chi connectivity index (χ0v) is 13.6. The van der Waals surface area contributed by atoms with Crippen LogP contribution < -0.4 is 5.32 Å². The first-order valence-corrected chi connectivity index (χ1v) is 8.11. The second-order valence-electron chi connectivity index (χ2n) is 5.64. The van der Waals surface area contributed by atoms with Crippen molar-refractivity contribution < 1.29 is 4.79 Å². The molecule has 5 nitrogen and oxygen atoms in total. The Bertz CT molecular complexity index is 777. The van der Waals surface area contributed by atoms with Crippen LogP contribution in [0.25, 0.3) is 5.69 Å². The summed E-state index contributed by atoms with van der Waals surface area (Å²) in [6.45, 7) is 2.18. The van der Waals surface area contributed by atoms with Gasteiger partial charge in [-0.25, -0.2) is 9.67 Å². The van der Waals surface area contributed by atoms with Crippen molar-refractivity contribution in [1.29, 1.82) is 0 Å². The van der Waals surface area contributed by atoms with Gasteiger partial charge in [0, 0.05) is 11.3 Å². The van der Waals surface area contributed by atoms with Crippen molar-refractivity contribution in [3.05, 3.63) is 72.3 Å². The largest absolute Gasteiger partial charge is 0.322 e. The summed E-state index contributed by atoms with van der Waals surface area (Å²) in [4.78, 5) is 16.2. The van der Waals surface area contributed by atoms with E-state index >= 15 is 0 Å². The number of nitrogens with zero attached hydrogens (tertiary/aromatic N) is 3. The lowest BCUT2D eigenvalue weighted by atomic mass is 10.1. The highest BCUT2D eigenvalue weighted by atomic mass is 16.1. The van der Waals surface area contributed by atoms with Crippen LogP contribution in [-0.4, -0.2) is 20.7 Å². The molecule has 0 aliphatic carbocycles. The average Bonchev–Trinajstić information content (AvgIpc) is 3.16. The fourth-order valence-corrected chi connectivity index (χ4v) is 2.45. The number of hydrogen-bond acceptors (Lipinski definition) is 3. The van der Waals surface area contributed by atoms with Gasteiger partial charge >= 0.3 is 0 Å². The number of aromatic nitrogens is 3. The van der Waals surface area contributed by atoms with Crippen molar-refractivity contribution in [3.63, 3.8) is 0 Å². The summed E-state index contributed by atoms with van der Waals surface area (Å²) in [5, 5.41) is 6.99. The maximum Gasteiger partial charge on any atom is 0.255 e. The van der Waals surface area contributed by atoms with E-state index in [0.717, 1.165) is 17.8 Å². The predicted molar refractivity (Wildman–Crippen MR) is 94.4 cm³/mol. The number of rotatable bonds is 6. The van der Waals surface area contributed by atoms with Crippen LogP contribution in [0.1, 0.15) is 35.7 Å². The molecule has 0 saturated heterocycles. The van der Waals surface area contributed by atoms with Gasteiger partial charge in [0.2, 0.25) is 0 Å². The van der Waals surface area contributed by atoms with Gasteiger partial charge in [0.1, 0.15) is 12.7 Å². The Labute approximate surface area is 141 Å². The Kier molecular flexibility index (Phi) is 5.01. The zero-order valence-electron chi connectivity index (χ0n) is 13.6. The van der Waals surface area contributed by atoms with E-state index in [-0.39, 0.29) is 5.91 Å². The third-order valence-corrected chi connectivity index (χ3v) is 3.84. The number of carbonyl (C=O) groups excluding carboxylic acids is 1. The molecular formula is C19H20N4O.